The molecule has 0 saturated carbocycles. The summed E-state index contributed by atoms with van der Waals surface area (Å²) in [5, 5.41) is 2.54. The van der Waals surface area contributed by atoms with Gasteiger partial charge in [0.25, 0.3) is 0 Å². The third kappa shape index (κ3) is 4.24. The summed E-state index contributed by atoms with van der Waals surface area (Å²) in [5.74, 6) is -1.11. The maximum atomic E-state index is 14.1. The summed E-state index contributed by atoms with van der Waals surface area (Å²) in [7, 11) is -4.08. The molecule has 1 saturated heterocycles. The van der Waals surface area contributed by atoms with Crippen LogP contribution in [0.3, 0.4) is 0 Å². The maximum absolute atomic E-state index is 14.1. The average Bonchev–Trinajstić information content (AvgIpc) is 2.53. The number of amides is 1. The molecule has 6 nitrogen and oxygen atoms in total. The summed E-state index contributed by atoms with van der Waals surface area (Å²) in [4.78, 5) is 11.1. The van der Waals surface area contributed by atoms with Crippen LogP contribution in [0.2, 0.25) is 5.02 Å². The molecule has 9 heteroatoms. The molecule has 1 atom stereocenters. The fraction of sp³-hybridized carbons (Fsp3) is 0.533. The van der Waals surface area contributed by atoms with E-state index in [-0.39, 0.29) is 37.0 Å². The molecule has 134 valence electrons. The van der Waals surface area contributed by atoms with Crippen molar-refractivity contribution in [3.05, 3.63) is 29.0 Å². The lowest BCUT2D eigenvalue weighted by Crippen LogP contribution is -2.49. The number of nitrogens with zero attached hydrogens (tertiary/aromatic N) is 1. The molecule has 0 aromatic heterocycles. The van der Waals surface area contributed by atoms with Crippen molar-refractivity contribution in [1.29, 1.82) is 0 Å². The highest BCUT2D eigenvalue weighted by molar-refractivity contribution is 7.89. The van der Waals surface area contributed by atoms with Gasteiger partial charge in [-0.1, -0.05) is 24.1 Å². The lowest BCUT2D eigenvalue weighted by molar-refractivity contribution is -0.121. The van der Waals surface area contributed by atoms with Gasteiger partial charge in [-0.15, -0.1) is 0 Å². The van der Waals surface area contributed by atoms with E-state index in [1.54, 1.807) is 0 Å². The topological polar surface area (TPSA) is 92.5 Å². The molecule has 1 aromatic carbocycles. The van der Waals surface area contributed by atoms with Gasteiger partial charge in [-0.25, -0.2) is 12.8 Å². The van der Waals surface area contributed by atoms with Crippen LogP contribution in [0.4, 0.5) is 4.39 Å². The first-order valence-electron chi connectivity index (χ1n) is 7.80. The van der Waals surface area contributed by atoms with Gasteiger partial charge in [0, 0.05) is 32.1 Å². The molecule has 1 aliphatic heterocycles. The average molecular weight is 378 g/mol. The van der Waals surface area contributed by atoms with Crippen molar-refractivity contribution < 1.29 is 17.6 Å². The van der Waals surface area contributed by atoms with E-state index in [0.717, 1.165) is 12.5 Å². The minimum Gasteiger partial charge on any atom is -0.354 e. The molecule has 1 unspecified atom stereocenters. The van der Waals surface area contributed by atoms with Gasteiger partial charge in [-0.05, 0) is 25.0 Å². The number of rotatable bonds is 6. The predicted octanol–water partition coefficient (Wildman–Crippen LogP) is 1.49. The normalized spacial score (nSPS) is 19.2. The van der Waals surface area contributed by atoms with Crippen LogP contribution >= 0.6 is 11.6 Å². The van der Waals surface area contributed by atoms with Crippen LogP contribution in [0.1, 0.15) is 25.7 Å². The quantitative estimate of drug-likeness (QED) is 0.785. The highest BCUT2D eigenvalue weighted by Crippen LogP contribution is 2.31. The van der Waals surface area contributed by atoms with Crippen LogP contribution in [-0.2, 0) is 14.8 Å². The monoisotopic (exact) mass is 377 g/mol. The number of sulfonamides is 1. The molecule has 1 fully saturated rings. The third-order valence-corrected chi connectivity index (χ3v) is 6.42. The summed E-state index contributed by atoms with van der Waals surface area (Å²) < 4.78 is 41.1. The molecule has 3 N–H and O–H groups in total. The Bertz CT molecular complexity index is 679. The predicted molar refractivity (Wildman–Crippen MR) is 89.6 cm³/mol. The molecule has 1 heterocycles. The van der Waals surface area contributed by atoms with Crippen LogP contribution in [-0.4, -0.2) is 44.3 Å². The van der Waals surface area contributed by atoms with E-state index in [9.17, 15) is 17.6 Å². The van der Waals surface area contributed by atoms with E-state index in [1.807, 2.05) is 0 Å². The minimum absolute atomic E-state index is 0.147. The Morgan fingerprint density at radius 2 is 2.17 bits per heavy atom. The zero-order valence-electron chi connectivity index (χ0n) is 13.2. The Morgan fingerprint density at radius 1 is 1.42 bits per heavy atom. The molecule has 0 bridgehead atoms. The second kappa shape index (κ2) is 8.24. The van der Waals surface area contributed by atoms with Gasteiger partial charge in [0.1, 0.15) is 10.7 Å². The van der Waals surface area contributed by atoms with Gasteiger partial charge in [0.15, 0.2) is 0 Å². The standard InChI is InChI=1S/C15H21ClFN3O3S/c16-12-5-3-6-13(17)15(12)24(22,23)20-9-2-1-4-11(20)10-19-14(21)7-8-18/h3,5-6,11H,1-2,4,7-10,18H2,(H,19,21). The summed E-state index contributed by atoms with van der Waals surface area (Å²) in [6, 6.07) is 3.35. The van der Waals surface area contributed by atoms with Gasteiger partial charge in [-0.3, -0.25) is 4.79 Å². The highest BCUT2D eigenvalue weighted by atomic mass is 35.5. The first-order chi connectivity index (χ1) is 11.4. The van der Waals surface area contributed by atoms with E-state index in [2.05, 4.69) is 5.32 Å². The number of halogens is 2. The van der Waals surface area contributed by atoms with Crippen LogP contribution < -0.4 is 11.1 Å². The molecule has 1 aromatic rings. The van der Waals surface area contributed by atoms with Crippen LogP contribution in [0, 0.1) is 5.82 Å². The van der Waals surface area contributed by atoms with E-state index in [1.165, 1.54) is 16.4 Å². The van der Waals surface area contributed by atoms with Crippen molar-refractivity contribution in [2.75, 3.05) is 19.6 Å². The molecule has 0 aliphatic carbocycles. The molecule has 1 amide bonds. The second-order valence-electron chi connectivity index (χ2n) is 5.66. The number of benzene rings is 1. The largest absolute Gasteiger partial charge is 0.354 e. The molecule has 0 radical (unpaired) electrons. The SMILES string of the molecule is NCCC(=O)NCC1CCCCN1S(=O)(=O)c1c(F)cccc1Cl. The third-order valence-electron chi connectivity index (χ3n) is 3.96. The molecule has 1 aliphatic rings. The van der Waals surface area contributed by atoms with Crippen LogP contribution in [0.15, 0.2) is 23.1 Å². The molecule has 0 spiro atoms. The number of hydrogen-bond donors (Lipinski definition) is 2. The Morgan fingerprint density at radius 3 is 2.83 bits per heavy atom. The highest BCUT2D eigenvalue weighted by Gasteiger charge is 2.36. The molecule has 2 rings (SSSR count). The van der Waals surface area contributed by atoms with Crippen LogP contribution in [0.25, 0.3) is 0 Å². The summed E-state index contributed by atoms with van der Waals surface area (Å²) >= 11 is 5.92. The Kier molecular flexibility index (Phi) is 6.56. The van der Waals surface area contributed by atoms with E-state index in [4.69, 9.17) is 17.3 Å². The zero-order valence-corrected chi connectivity index (χ0v) is 14.7. The fourth-order valence-corrected chi connectivity index (χ4v) is 5.05. The van der Waals surface area contributed by atoms with Gasteiger partial charge < -0.3 is 11.1 Å². The summed E-state index contributed by atoms with van der Waals surface area (Å²) in [6.07, 6.45) is 2.29. The maximum Gasteiger partial charge on any atom is 0.247 e. The van der Waals surface area contributed by atoms with Crippen molar-refractivity contribution >= 4 is 27.5 Å². The minimum atomic E-state index is -4.08. The molecular formula is C15H21ClFN3O3S. The van der Waals surface area contributed by atoms with E-state index < -0.39 is 26.8 Å². The number of hydrogen-bond acceptors (Lipinski definition) is 4. The molecular weight excluding hydrogens is 357 g/mol. The second-order valence-corrected chi connectivity index (χ2v) is 7.89. The zero-order chi connectivity index (χ0) is 17.7. The van der Waals surface area contributed by atoms with Crippen molar-refractivity contribution in [1.82, 2.24) is 9.62 Å². The Balaban J connectivity index is 2.24. The number of carbonyl (C=O) groups is 1. The number of carbonyl (C=O) groups excluding carboxylic acids is 1. The van der Waals surface area contributed by atoms with Crippen molar-refractivity contribution in [2.24, 2.45) is 5.73 Å². The first-order valence-corrected chi connectivity index (χ1v) is 9.62. The van der Waals surface area contributed by atoms with Gasteiger partial charge >= 0.3 is 0 Å². The van der Waals surface area contributed by atoms with Gasteiger partial charge in [0.2, 0.25) is 15.9 Å². The lowest BCUT2D eigenvalue weighted by atomic mass is 10.1. The number of piperidine rings is 1. The van der Waals surface area contributed by atoms with E-state index in [0.29, 0.717) is 12.8 Å². The number of nitrogens with two attached hydrogens (primary N) is 1. The summed E-state index contributed by atoms with van der Waals surface area (Å²) in [6.45, 7) is 0.665. The van der Waals surface area contributed by atoms with Crippen molar-refractivity contribution in [3.63, 3.8) is 0 Å². The Labute approximate surface area is 146 Å². The van der Waals surface area contributed by atoms with Crippen LogP contribution in [0.5, 0.6) is 0 Å². The smallest absolute Gasteiger partial charge is 0.247 e. The number of nitrogens with one attached hydrogen (secondary N) is 1. The Hall–Kier alpha value is -1.22. The summed E-state index contributed by atoms with van der Waals surface area (Å²) in [5.41, 5.74) is 5.32. The fourth-order valence-electron chi connectivity index (χ4n) is 2.79. The van der Waals surface area contributed by atoms with Crippen molar-refractivity contribution in [3.8, 4) is 0 Å². The first kappa shape index (κ1) is 19.1. The lowest BCUT2D eigenvalue weighted by Gasteiger charge is -2.35. The van der Waals surface area contributed by atoms with Gasteiger partial charge in [-0.2, -0.15) is 4.31 Å². The molecule has 24 heavy (non-hydrogen) atoms. The van der Waals surface area contributed by atoms with E-state index >= 15 is 0 Å². The van der Waals surface area contributed by atoms with Gasteiger partial charge in [0.05, 0.1) is 5.02 Å². The van der Waals surface area contributed by atoms with Crippen molar-refractivity contribution in [2.45, 2.75) is 36.6 Å².